The lowest BCUT2D eigenvalue weighted by molar-refractivity contribution is -0.137. The molecule has 3 rings (SSSR count). The lowest BCUT2D eigenvalue weighted by Gasteiger charge is -2.15. The molecule has 0 unspecified atom stereocenters. The van der Waals surface area contributed by atoms with Crippen molar-refractivity contribution in [3.05, 3.63) is 52.4 Å². The molecule has 0 radical (unpaired) electrons. The average molecular weight is 326 g/mol. The van der Waals surface area contributed by atoms with Crippen LogP contribution in [0.5, 0.6) is 0 Å². The Morgan fingerprint density at radius 1 is 1.29 bits per heavy atom. The maximum atomic E-state index is 11.8. The first-order valence-electron chi connectivity index (χ1n) is 7.09. The largest absolute Gasteiger partial charge is 0.480 e. The molecule has 122 valence electrons. The van der Waals surface area contributed by atoms with Crippen LogP contribution >= 0.6 is 0 Å². The SMILES string of the molecule is Nc1nc2ncc(N[C@@H](Cc3ccccc3)C(=O)O)nc2c(=O)[nH]1. The van der Waals surface area contributed by atoms with Gasteiger partial charge in [-0.25, -0.2) is 14.8 Å². The van der Waals surface area contributed by atoms with Crippen LogP contribution in [0.25, 0.3) is 11.2 Å². The van der Waals surface area contributed by atoms with Gasteiger partial charge in [0.05, 0.1) is 6.20 Å². The highest BCUT2D eigenvalue weighted by Gasteiger charge is 2.19. The van der Waals surface area contributed by atoms with Crippen molar-refractivity contribution < 1.29 is 9.90 Å². The Balaban J connectivity index is 1.88. The van der Waals surface area contributed by atoms with Crippen LogP contribution in [0.2, 0.25) is 0 Å². The van der Waals surface area contributed by atoms with E-state index < -0.39 is 17.6 Å². The fourth-order valence-corrected chi connectivity index (χ4v) is 2.23. The standard InChI is InChI=1S/C15H14N6O3/c16-15-20-12-11(13(22)21-15)19-10(7-17-12)18-9(14(23)24)6-8-4-2-1-3-5-8/h1-5,7,9H,6H2,(H,18,19)(H,23,24)(H3,16,17,20,21,22)/t9-/m0/s1. The average Bonchev–Trinajstić information content (AvgIpc) is 2.55. The van der Waals surface area contributed by atoms with E-state index in [1.54, 1.807) is 0 Å². The van der Waals surface area contributed by atoms with Crippen molar-refractivity contribution in [2.75, 3.05) is 11.1 Å². The van der Waals surface area contributed by atoms with Gasteiger partial charge < -0.3 is 16.2 Å². The molecule has 5 N–H and O–H groups in total. The number of fused-ring (bicyclic) bond motifs is 1. The fraction of sp³-hybridized carbons (Fsp3) is 0.133. The number of nitrogens with zero attached hydrogens (tertiary/aromatic N) is 3. The molecule has 1 atom stereocenters. The number of aliphatic carboxylic acids is 1. The molecular formula is C15H14N6O3. The predicted molar refractivity (Wildman–Crippen MR) is 87.6 cm³/mol. The first-order chi connectivity index (χ1) is 11.5. The van der Waals surface area contributed by atoms with Gasteiger partial charge in [0.25, 0.3) is 5.56 Å². The van der Waals surface area contributed by atoms with E-state index in [1.807, 2.05) is 30.3 Å². The van der Waals surface area contributed by atoms with Crippen LogP contribution in [0.1, 0.15) is 5.56 Å². The third-order valence-corrected chi connectivity index (χ3v) is 3.34. The molecule has 2 heterocycles. The summed E-state index contributed by atoms with van der Waals surface area (Å²) in [7, 11) is 0. The van der Waals surface area contributed by atoms with E-state index in [0.29, 0.717) is 0 Å². The molecule has 0 aliphatic heterocycles. The van der Waals surface area contributed by atoms with Gasteiger partial charge in [-0.15, -0.1) is 0 Å². The molecule has 0 saturated heterocycles. The summed E-state index contributed by atoms with van der Waals surface area (Å²) in [5.74, 6) is -0.928. The van der Waals surface area contributed by atoms with E-state index in [2.05, 4.69) is 25.3 Å². The topological polar surface area (TPSA) is 147 Å². The van der Waals surface area contributed by atoms with Crippen molar-refractivity contribution in [3.63, 3.8) is 0 Å². The molecule has 24 heavy (non-hydrogen) atoms. The highest BCUT2D eigenvalue weighted by molar-refractivity contribution is 5.78. The van der Waals surface area contributed by atoms with Crippen molar-refractivity contribution in [2.45, 2.75) is 12.5 Å². The number of benzene rings is 1. The monoisotopic (exact) mass is 326 g/mol. The van der Waals surface area contributed by atoms with Crippen LogP contribution in [-0.2, 0) is 11.2 Å². The summed E-state index contributed by atoms with van der Waals surface area (Å²) < 4.78 is 0. The Morgan fingerprint density at radius 3 is 2.75 bits per heavy atom. The number of carboxylic acid groups (broad SMARTS) is 1. The highest BCUT2D eigenvalue weighted by atomic mass is 16.4. The van der Waals surface area contributed by atoms with Gasteiger partial charge in [-0.1, -0.05) is 30.3 Å². The number of hydrogen-bond acceptors (Lipinski definition) is 7. The van der Waals surface area contributed by atoms with E-state index in [1.165, 1.54) is 6.20 Å². The number of nitrogens with one attached hydrogen (secondary N) is 2. The number of hydrogen-bond donors (Lipinski definition) is 4. The summed E-state index contributed by atoms with van der Waals surface area (Å²) in [6, 6.07) is 8.27. The Bertz CT molecular complexity index is 941. The predicted octanol–water partition coefficient (Wildman–Crippen LogP) is 0.403. The summed E-state index contributed by atoms with van der Waals surface area (Å²) in [4.78, 5) is 37.6. The Labute approximate surface area is 135 Å². The molecule has 0 aliphatic carbocycles. The maximum Gasteiger partial charge on any atom is 0.326 e. The molecule has 9 nitrogen and oxygen atoms in total. The number of nitrogens with two attached hydrogens (primary N) is 1. The molecule has 0 fully saturated rings. The zero-order valence-corrected chi connectivity index (χ0v) is 12.4. The summed E-state index contributed by atoms with van der Waals surface area (Å²) >= 11 is 0. The summed E-state index contributed by atoms with van der Waals surface area (Å²) in [6.45, 7) is 0. The molecule has 0 saturated carbocycles. The van der Waals surface area contributed by atoms with Gasteiger partial charge in [0, 0.05) is 6.42 Å². The second-order valence-corrected chi connectivity index (χ2v) is 5.10. The van der Waals surface area contributed by atoms with Gasteiger partial charge in [0.2, 0.25) is 5.95 Å². The van der Waals surface area contributed by atoms with Crippen molar-refractivity contribution in [1.82, 2.24) is 19.9 Å². The Morgan fingerprint density at radius 2 is 2.04 bits per heavy atom. The van der Waals surface area contributed by atoms with Crippen LogP contribution in [0, 0.1) is 0 Å². The number of carbonyl (C=O) groups is 1. The van der Waals surface area contributed by atoms with Gasteiger partial charge in [0.15, 0.2) is 11.2 Å². The van der Waals surface area contributed by atoms with Gasteiger partial charge in [-0.2, -0.15) is 4.98 Å². The smallest absolute Gasteiger partial charge is 0.326 e. The zero-order valence-electron chi connectivity index (χ0n) is 12.4. The van der Waals surface area contributed by atoms with Gasteiger partial charge in [-0.3, -0.25) is 9.78 Å². The van der Waals surface area contributed by atoms with Crippen LogP contribution in [-0.4, -0.2) is 37.1 Å². The third kappa shape index (κ3) is 3.29. The zero-order chi connectivity index (χ0) is 17.1. The second-order valence-electron chi connectivity index (χ2n) is 5.10. The summed E-state index contributed by atoms with van der Waals surface area (Å²) in [6.07, 6.45) is 1.57. The number of H-pyrrole nitrogens is 1. The fourth-order valence-electron chi connectivity index (χ4n) is 2.23. The molecular weight excluding hydrogens is 312 g/mol. The number of nitrogen functional groups attached to an aromatic ring is 1. The molecule has 0 bridgehead atoms. The number of rotatable bonds is 5. The van der Waals surface area contributed by atoms with E-state index in [9.17, 15) is 14.7 Å². The highest BCUT2D eigenvalue weighted by Crippen LogP contribution is 2.11. The van der Waals surface area contributed by atoms with E-state index in [4.69, 9.17) is 5.73 Å². The number of anilines is 2. The minimum atomic E-state index is -1.04. The van der Waals surface area contributed by atoms with Gasteiger partial charge in [0.1, 0.15) is 11.9 Å². The van der Waals surface area contributed by atoms with Crippen LogP contribution in [0.3, 0.4) is 0 Å². The lowest BCUT2D eigenvalue weighted by atomic mass is 10.1. The molecule has 1 aromatic carbocycles. The lowest BCUT2D eigenvalue weighted by Crippen LogP contribution is -2.32. The second kappa shape index (κ2) is 6.32. The van der Waals surface area contributed by atoms with Crippen LogP contribution in [0.4, 0.5) is 11.8 Å². The Kier molecular flexibility index (Phi) is 4.06. The first-order valence-corrected chi connectivity index (χ1v) is 7.09. The molecule has 0 aliphatic rings. The van der Waals surface area contributed by atoms with Gasteiger partial charge in [-0.05, 0) is 5.56 Å². The Hall–Kier alpha value is -3.49. The van der Waals surface area contributed by atoms with Crippen LogP contribution in [0.15, 0.2) is 41.3 Å². The maximum absolute atomic E-state index is 11.8. The summed E-state index contributed by atoms with van der Waals surface area (Å²) in [5.41, 5.74) is 5.84. The number of carboxylic acids is 1. The molecule has 2 aromatic heterocycles. The van der Waals surface area contributed by atoms with E-state index in [0.717, 1.165) is 5.56 Å². The quantitative estimate of drug-likeness (QED) is 0.527. The molecule has 0 amide bonds. The van der Waals surface area contributed by atoms with Gasteiger partial charge >= 0.3 is 5.97 Å². The van der Waals surface area contributed by atoms with E-state index in [-0.39, 0.29) is 29.4 Å². The third-order valence-electron chi connectivity index (χ3n) is 3.34. The van der Waals surface area contributed by atoms with Crippen molar-refractivity contribution >= 4 is 28.9 Å². The van der Waals surface area contributed by atoms with E-state index >= 15 is 0 Å². The normalized spacial score (nSPS) is 12.0. The molecule has 0 spiro atoms. The summed E-state index contributed by atoms with van der Waals surface area (Å²) in [5, 5.41) is 12.2. The van der Waals surface area contributed by atoms with Crippen molar-refractivity contribution in [1.29, 1.82) is 0 Å². The molecule has 3 aromatic rings. The van der Waals surface area contributed by atoms with Crippen molar-refractivity contribution in [3.8, 4) is 0 Å². The first kappa shape index (κ1) is 15.4. The minimum absolute atomic E-state index is 0.0157. The number of aromatic amines is 1. The van der Waals surface area contributed by atoms with Crippen molar-refractivity contribution in [2.24, 2.45) is 0 Å². The number of aromatic nitrogens is 4. The minimum Gasteiger partial charge on any atom is -0.480 e. The van der Waals surface area contributed by atoms with Crippen LogP contribution < -0.4 is 16.6 Å². The molecule has 9 heteroatoms.